The number of nitrogens with zero attached hydrogens (tertiary/aromatic N) is 4. The smallest absolute Gasteiger partial charge is 0.191 e. The van der Waals surface area contributed by atoms with E-state index in [0.29, 0.717) is 0 Å². The molecule has 0 spiro atoms. The van der Waals surface area contributed by atoms with Gasteiger partial charge in [0.25, 0.3) is 0 Å². The van der Waals surface area contributed by atoms with E-state index >= 15 is 0 Å². The van der Waals surface area contributed by atoms with E-state index in [9.17, 15) is 0 Å². The maximum absolute atomic E-state index is 4.71. The summed E-state index contributed by atoms with van der Waals surface area (Å²) in [4.78, 5) is 4.71. The maximum Gasteiger partial charge on any atom is 0.191 e. The molecular weight excluding hydrogens is 348 g/mol. The molecule has 0 unspecified atom stereocenters. The Bertz CT molecular complexity index is 722. The minimum absolute atomic E-state index is 0.835. The summed E-state index contributed by atoms with van der Waals surface area (Å²) in [5.41, 5.74) is 1.38. The first-order chi connectivity index (χ1) is 13.9. The summed E-state index contributed by atoms with van der Waals surface area (Å²) in [5, 5.41) is 15.6. The van der Waals surface area contributed by atoms with Crippen LogP contribution in [0.1, 0.15) is 56.2 Å². The Morgan fingerprint density at radius 3 is 2.79 bits per heavy atom. The van der Waals surface area contributed by atoms with E-state index in [1.165, 1.54) is 30.7 Å². The maximum atomic E-state index is 4.71. The zero-order valence-electron chi connectivity index (χ0n) is 17.2. The van der Waals surface area contributed by atoms with Gasteiger partial charge in [-0.25, -0.2) is 0 Å². The van der Waals surface area contributed by atoms with Gasteiger partial charge in [-0.1, -0.05) is 36.8 Å². The van der Waals surface area contributed by atoms with Gasteiger partial charge in [0.2, 0.25) is 0 Å². The topological polar surface area (TPSA) is 67.1 Å². The van der Waals surface area contributed by atoms with Crippen molar-refractivity contribution in [2.75, 3.05) is 19.6 Å². The van der Waals surface area contributed by atoms with Crippen LogP contribution in [-0.4, -0.2) is 40.4 Å². The molecule has 2 N–H and O–H groups in total. The number of aliphatic imine (C=N–C) groups is 1. The highest BCUT2D eigenvalue weighted by atomic mass is 15.3. The van der Waals surface area contributed by atoms with Crippen LogP contribution in [0, 0.1) is 0 Å². The van der Waals surface area contributed by atoms with Gasteiger partial charge in [0.1, 0.15) is 11.6 Å². The summed E-state index contributed by atoms with van der Waals surface area (Å²) < 4.78 is 2.34. The molecule has 0 radical (unpaired) electrons. The van der Waals surface area contributed by atoms with Crippen molar-refractivity contribution in [1.82, 2.24) is 25.4 Å². The number of benzene rings is 1. The lowest BCUT2D eigenvalue weighted by Gasteiger charge is -2.11. The van der Waals surface area contributed by atoms with Crippen LogP contribution in [0.4, 0.5) is 0 Å². The third-order valence-corrected chi connectivity index (χ3v) is 5.14. The number of nitrogens with one attached hydrogen (secondary N) is 2. The summed E-state index contributed by atoms with van der Waals surface area (Å²) in [6.07, 6.45) is 9.00. The van der Waals surface area contributed by atoms with Crippen molar-refractivity contribution in [2.45, 2.75) is 64.8 Å². The largest absolute Gasteiger partial charge is 0.357 e. The third kappa shape index (κ3) is 6.36. The fraction of sp³-hybridized carbons (Fsp3) is 0.591. The Hall–Kier alpha value is -2.37. The molecule has 1 aromatic heterocycles. The number of guanidine groups is 1. The van der Waals surface area contributed by atoms with E-state index in [1.807, 2.05) is 0 Å². The van der Waals surface area contributed by atoms with Crippen LogP contribution in [0.5, 0.6) is 0 Å². The summed E-state index contributed by atoms with van der Waals surface area (Å²) in [5.74, 6) is 3.23. The van der Waals surface area contributed by atoms with Crippen LogP contribution in [0.15, 0.2) is 35.3 Å². The van der Waals surface area contributed by atoms with Crippen molar-refractivity contribution in [2.24, 2.45) is 4.99 Å². The van der Waals surface area contributed by atoms with Crippen molar-refractivity contribution < 1.29 is 0 Å². The molecule has 152 valence electrons. The van der Waals surface area contributed by atoms with Crippen molar-refractivity contribution >= 4 is 5.96 Å². The molecule has 2 aromatic rings. The highest BCUT2D eigenvalue weighted by Crippen LogP contribution is 2.15. The molecule has 3 rings (SSSR count). The minimum Gasteiger partial charge on any atom is -0.357 e. The first kappa shape index (κ1) is 20.4. The van der Waals surface area contributed by atoms with E-state index in [0.717, 1.165) is 70.1 Å². The average molecular weight is 383 g/mol. The number of aryl methyl sites for hydroxylation is 3. The molecule has 1 aromatic carbocycles. The van der Waals surface area contributed by atoms with Gasteiger partial charge in [-0.3, -0.25) is 4.99 Å². The highest BCUT2D eigenvalue weighted by Gasteiger charge is 2.14. The molecule has 0 saturated heterocycles. The summed E-state index contributed by atoms with van der Waals surface area (Å²) in [6, 6.07) is 10.6. The molecule has 1 aliphatic rings. The monoisotopic (exact) mass is 382 g/mol. The van der Waals surface area contributed by atoms with Crippen molar-refractivity contribution in [3.05, 3.63) is 47.5 Å². The van der Waals surface area contributed by atoms with Crippen molar-refractivity contribution in [1.29, 1.82) is 0 Å². The second kappa shape index (κ2) is 11.5. The quantitative estimate of drug-likeness (QED) is 0.397. The van der Waals surface area contributed by atoms with Crippen LogP contribution in [-0.2, 0) is 25.8 Å². The molecular formula is C22H34N6. The molecule has 6 heteroatoms. The first-order valence-electron chi connectivity index (χ1n) is 10.8. The number of aromatic nitrogens is 3. The van der Waals surface area contributed by atoms with Gasteiger partial charge < -0.3 is 15.2 Å². The minimum atomic E-state index is 0.835. The predicted molar refractivity (Wildman–Crippen MR) is 115 cm³/mol. The predicted octanol–water partition coefficient (Wildman–Crippen LogP) is 3.13. The molecule has 28 heavy (non-hydrogen) atoms. The highest BCUT2D eigenvalue weighted by molar-refractivity contribution is 5.79. The van der Waals surface area contributed by atoms with E-state index < -0.39 is 0 Å². The fourth-order valence-electron chi connectivity index (χ4n) is 3.64. The lowest BCUT2D eigenvalue weighted by Crippen LogP contribution is -2.38. The molecule has 1 aliphatic heterocycles. The molecule has 0 aliphatic carbocycles. The SMILES string of the molecule is CCNC(=NCCCc1ccccc1)NCCCc1nnc2n1CCCCC2. The Morgan fingerprint density at radius 2 is 1.93 bits per heavy atom. The van der Waals surface area contributed by atoms with E-state index in [4.69, 9.17) is 4.99 Å². The lowest BCUT2D eigenvalue weighted by molar-refractivity contribution is 0.594. The molecule has 0 saturated carbocycles. The number of hydrogen-bond acceptors (Lipinski definition) is 3. The standard InChI is InChI=1S/C22H34N6/c1-2-23-22(24-16-9-13-19-11-5-3-6-12-19)25-17-10-15-21-27-26-20-14-7-4-8-18-28(20)21/h3,5-6,11-12H,2,4,7-10,13-18H2,1H3,(H2,23,24,25). The number of hydrogen-bond donors (Lipinski definition) is 2. The summed E-state index contributed by atoms with van der Waals surface area (Å²) in [6.45, 7) is 5.79. The van der Waals surface area contributed by atoms with Crippen molar-refractivity contribution in [3.8, 4) is 0 Å². The second-order valence-corrected chi connectivity index (χ2v) is 7.37. The third-order valence-electron chi connectivity index (χ3n) is 5.14. The molecule has 0 atom stereocenters. The lowest BCUT2D eigenvalue weighted by atomic mass is 10.1. The molecule has 2 heterocycles. The van der Waals surface area contributed by atoms with Crippen LogP contribution in [0.25, 0.3) is 0 Å². The van der Waals surface area contributed by atoms with Crippen LogP contribution in [0.3, 0.4) is 0 Å². The average Bonchev–Trinajstić information content (AvgIpc) is 2.95. The summed E-state index contributed by atoms with van der Waals surface area (Å²) >= 11 is 0. The van der Waals surface area contributed by atoms with Crippen LogP contribution < -0.4 is 10.6 Å². The van der Waals surface area contributed by atoms with Crippen molar-refractivity contribution in [3.63, 3.8) is 0 Å². The van der Waals surface area contributed by atoms with Gasteiger partial charge in [0.05, 0.1) is 0 Å². The van der Waals surface area contributed by atoms with Gasteiger partial charge in [-0.05, 0) is 44.6 Å². The Balaban J connectivity index is 1.39. The van der Waals surface area contributed by atoms with Crippen LogP contribution >= 0.6 is 0 Å². The Labute approximate surface area is 168 Å². The van der Waals surface area contributed by atoms with Gasteiger partial charge >= 0.3 is 0 Å². The number of fused-ring (bicyclic) bond motifs is 1. The molecule has 0 bridgehead atoms. The number of rotatable bonds is 9. The zero-order valence-corrected chi connectivity index (χ0v) is 17.2. The van der Waals surface area contributed by atoms with Gasteiger partial charge in [-0.2, -0.15) is 0 Å². The van der Waals surface area contributed by atoms with Gasteiger partial charge in [0, 0.05) is 39.0 Å². The summed E-state index contributed by atoms with van der Waals surface area (Å²) in [7, 11) is 0. The zero-order chi connectivity index (χ0) is 19.4. The van der Waals surface area contributed by atoms with E-state index in [2.05, 4.69) is 62.7 Å². The Kier molecular flexibility index (Phi) is 8.34. The second-order valence-electron chi connectivity index (χ2n) is 7.37. The Morgan fingerprint density at radius 1 is 1.04 bits per heavy atom. The molecule has 0 fully saturated rings. The van der Waals surface area contributed by atoms with E-state index in [-0.39, 0.29) is 0 Å². The van der Waals surface area contributed by atoms with Gasteiger partial charge in [-0.15, -0.1) is 10.2 Å². The van der Waals surface area contributed by atoms with Crippen LogP contribution in [0.2, 0.25) is 0 Å². The molecule has 0 amide bonds. The van der Waals surface area contributed by atoms with Gasteiger partial charge in [0.15, 0.2) is 5.96 Å². The van der Waals surface area contributed by atoms with E-state index in [1.54, 1.807) is 0 Å². The fourth-order valence-corrected chi connectivity index (χ4v) is 3.64. The molecule has 6 nitrogen and oxygen atoms in total. The first-order valence-corrected chi connectivity index (χ1v) is 10.8. The normalized spacial score (nSPS) is 14.4.